The Bertz CT molecular complexity index is 225. The average molecular weight is 278 g/mol. The first-order chi connectivity index (χ1) is 9.11. The minimum atomic E-state index is -2.48. The molecule has 0 radical (unpaired) electrons. The van der Waals surface area contributed by atoms with Gasteiger partial charge in [-0.15, -0.1) is 0 Å². The first kappa shape index (κ1) is 18.3. The molecule has 0 rings (SSSR count). The summed E-state index contributed by atoms with van der Waals surface area (Å²) in [7, 11) is 0. The zero-order chi connectivity index (χ0) is 14.5. The zero-order valence-corrected chi connectivity index (χ0v) is 12.0. The van der Waals surface area contributed by atoms with Gasteiger partial charge in [0.15, 0.2) is 0 Å². The van der Waals surface area contributed by atoms with Crippen molar-refractivity contribution in [3.05, 3.63) is 0 Å². The van der Waals surface area contributed by atoms with Crippen LogP contribution in [0.1, 0.15) is 58.3 Å². The van der Waals surface area contributed by atoms with E-state index in [1.165, 1.54) is 30.6 Å². The lowest BCUT2D eigenvalue weighted by Crippen LogP contribution is -2.38. The van der Waals surface area contributed by atoms with Gasteiger partial charge in [0.25, 0.3) is 6.43 Å². The Kier molecular flexibility index (Phi) is 11.9. The van der Waals surface area contributed by atoms with Gasteiger partial charge in [0.05, 0.1) is 6.54 Å². The van der Waals surface area contributed by atoms with E-state index in [4.69, 9.17) is 5.73 Å². The molecule has 0 aliphatic rings. The van der Waals surface area contributed by atoms with Crippen LogP contribution in [0.2, 0.25) is 0 Å². The van der Waals surface area contributed by atoms with Crippen molar-refractivity contribution in [3.63, 3.8) is 0 Å². The van der Waals surface area contributed by atoms with Gasteiger partial charge in [-0.05, 0) is 6.42 Å². The smallest absolute Gasteiger partial charge is 0.255 e. The zero-order valence-electron chi connectivity index (χ0n) is 12.0. The Labute approximate surface area is 115 Å². The van der Waals surface area contributed by atoms with Crippen LogP contribution >= 0.6 is 0 Å². The lowest BCUT2D eigenvalue weighted by Gasteiger charge is -2.21. The van der Waals surface area contributed by atoms with E-state index in [-0.39, 0.29) is 19.0 Å². The normalized spacial score (nSPS) is 11.0. The van der Waals surface area contributed by atoms with Gasteiger partial charge < -0.3 is 10.6 Å². The summed E-state index contributed by atoms with van der Waals surface area (Å²) < 4.78 is 24.6. The SMILES string of the molecule is CCCCCCCCCC(=O)N(CCN)CC(F)F. The van der Waals surface area contributed by atoms with Crippen molar-refractivity contribution in [2.45, 2.75) is 64.7 Å². The number of nitrogens with two attached hydrogens (primary N) is 1. The van der Waals surface area contributed by atoms with Crippen molar-refractivity contribution >= 4 is 5.91 Å². The first-order valence-corrected chi connectivity index (χ1v) is 7.37. The van der Waals surface area contributed by atoms with E-state index >= 15 is 0 Å². The van der Waals surface area contributed by atoms with Gasteiger partial charge in [-0.3, -0.25) is 4.79 Å². The van der Waals surface area contributed by atoms with Crippen molar-refractivity contribution in [1.82, 2.24) is 4.90 Å². The highest BCUT2D eigenvalue weighted by Crippen LogP contribution is 2.10. The van der Waals surface area contributed by atoms with Gasteiger partial charge in [0, 0.05) is 19.5 Å². The summed E-state index contributed by atoms with van der Waals surface area (Å²) in [6.07, 6.45) is 5.72. The molecule has 19 heavy (non-hydrogen) atoms. The molecule has 0 saturated heterocycles. The van der Waals surface area contributed by atoms with E-state index in [1.807, 2.05) is 0 Å². The van der Waals surface area contributed by atoms with E-state index < -0.39 is 13.0 Å². The van der Waals surface area contributed by atoms with E-state index in [2.05, 4.69) is 6.92 Å². The van der Waals surface area contributed by atoms with Gasteiger partial charge >= 0.3 is 0 Å². The number of amides is 1. The highest BCUT2D eigenvalue weighted by molar-refractivity contribution is 5.76. The van der Waals surface area contributed by atoms with Gasteiger partial charge in [0.1, 0.15) is 0 Å². The van der Waals surface area contributed by atoms with Crippen LogP contribution in [0.3, 0.4) is 0 Å². The number of hydrogen-bond donors (Lipinski definition) is 1. The summed E-state index contributed by atoms with van der Waals surface area (Å²) in [6.45, 7) is 2.13. The molecular weight excluding hydrogens is 250 g/mol. The summed E-state index contributed by atoms with van der Waals surface area (Å²) in [5, 5.41) is 0. The third-order valence-corrected chi connectivity index (χ3v) is 3.10. The van der Waals surface area contributed by atoms with Crippen LogP contribution in [0.25, 0.3) is 0 Å². The van der Waals surface area contributed by atoms with Gasteiger partial charge in [-0.2, -0.15) is 0 Å². The summed E-state index contributed by atoms with van der Waals surface area (Å²) in [5.41, 5.74) is 5.33. The monoisotopic (exact) mass is 278 g/mol. The number of hydrogen-bond acceptors (Lipinski definition) is 2. The molecule has 0 aliphatic heterocycles. The molecule has 0 aromatic carbocycles. The number of nitrogens with zero attached hydrogens (tertiary/aromatic N) is 1. The molecule has 0 aromatic heterocycles. The first-order valence-electron chi connectivity index (χ1n) is 7.37. The van der Waals surface area contributed by atoms with Crippen molar-refractivity contribution in [3.8, 4) is 0 Å². The van der Waals surface area contributed by atoms with Gasteiger partial charge in [-0.25, -0.2) is 8.78 Å². The predicted molar refractivity (Wildman–Crippen MR) is 74.2 cm³/mol. The number of rotatable bonds is 12. The second kappa shape index (κ2) is 12.3. The fourth-order valence-corrected chi connectivity index (χ4v) is 2.03. The maximum absolute atomic E-state index is 12.3. The Morgan fingerprint density at radius 2 is 1.68 bits per heavy atom. The quantitative estimate of drug-likeness (QED) is 0.557. The van der Waals surface area contributed by atoms with E-state index in [1.54, 1.807) is 0 Å². The number of unbranched alkanes of at least 4 members (excludes halogenated alkanes) is 6. The fourth-order valence-electron chi connectivity index (χ4n) is 2.03. The number of carbonyl (C=O) groups excluding carboxylic acids is 1. The molecule has 0 aliphatic carbocycles. The Balaban J connectivity index is 3.68. The molecule has 0 heterocycles. The molecule has 0 spiro atoms. The summed E-state index contributed by atoms with van der Waals surface area (Å²) in [6, 6.07) is 0. The Morgan fingerprint density at radius 3 is 2.21 bits per heavy atom. The Morgan fingerprint density at radius 1 is 1.11 bits per heavy atom. The van der Waals surface area contributed by atoms with Crippen LogP contribution in [0.5, 0.6) is 0 Å². The average Bonchev–Trinajstić information content (AvgIpc) is 2.36. The second-order valence-corrected chi connectivity index (χ2v) is 4.89. The summed E-state index contributed by atoms with van der Waals surface area (Å²) >= 11 is 0. The third-order valence-electron chi connectivity index (χ3n) is 3.10. The minimum Gasteiger partial charge on any atom is -0.336 e. The molecule has 1 amide bonds. The largest absolute Gasteiger partial charge is 0.336 e. The number of carbonyl (C=O) groups is 1. The summed E-state index contributed by atoms with van der Waals surface area (Å²) in [5.74, 6) is -0.195. The third kappa shape index (κ3) is 10.9. The van der Waals surface area contributed by atoms with Crippen LogP contribution in [0, 0.1) is 0 Å². The Hall–Kier alpha value is -0.710. The fraction of sp³-hybridized carbons (Fsp3) is 0.929. The van der Waals surface area contributed by atoms with Crippen LogP contribution < -0.4 is 5.73 Å². The van der Waals surface area contributed by atoms with Crippen molar-refractivity contribution in [1.29, 1.82) is 0 Å². The van der Waals surface area contributed by atoms with Crippen LogP contribution in [-0.2, 0) is 4.79 Å². The molecule has 3 nitrogen and oxygen atoms in total. The van der Waals surface area contributed by atoms with Crippen LogP contribution in [0.15, 0.2) is 0 Å². The van der Waals surface area contributed by atoms with Gasteiger partial charge in [-0.1, -0.05) is 45.4 Å². The van der Waals surface area contributed by atoms with E-state index in [9.17, 15) is 13.6 Å². The van der Waals surface area contributed by atoms with Crippen LogP contribution in [0.4, 0.5) is 8.78 Å². The standard InChI is InChI=1S/C14H28F2N2O/c1-2-3-4-5-6-7-8-9-14(19)18(11-10-17)12-13(15)16/h13H,2-12,17H2,1H3. The number of halogens is 2. The lowest BCUT2D eigenvalue weighted by atomic mass is 10.1. The predicted octanol–water partition coefficient (Wildman–Crippen LogP) is 3.18. The maximum Gasteiger partial charge on any atom is 0.255 e. The maximum atomic E-state index is 12.3. The van der Waals surface area contributed by atoms with E-state index in [0.29, 0.717) is 6.42 Å². The van der Waals surface area contributed by atoms with Crippen molar-refractivity contribution in [2.75, 3.05) is 19.6 Å². The molecule has 0 atom stereocenters. The molecule has 114 valence electrons. The van der Waals surface area contributed by atoms with E-state index in [0.717, 1.165) is 19.3 Å². The molecule has 0 saturated carbocycles. The topological polar surface area (TPSA) is 46.3 Å². The molecule has 5 heteroatoms. The highest BCUT2D eigenvalue weighted by Gasteiger charge is 2.16. The highest BCUT2D eigenvalue weighted by atomic mass is 19.3. The molecule has 0 aromatic rings. The molecule has 0 bridgehead atoms. The minimum absolute atomic E-state index is 0.195. The summed E-state index contributed by atoms with van der Waals surface area (Å²) in [4.78, 5) is 12.9. The molecular formula is C14H28F2N2O. The molecule has 0 unspecified atom stereocenters. The van der Waals surface area contributed by atoms with Crippen molar-refractivity contribution in [2.24, 2.45) is 5.73 Å². The van der Waals surface area contributed by atoms with Crippen LogP contribution in [-0.4, -0.2) is 36.9 Å². The lowest BCUT2D eigenvalue weighted by molar-refractivity contribution is -0.133. The van der Waals surface area contributed by atoms with Gasteiger partial charge in [0.2, 0.25) is 5.91 Å². The second-order valence-electron chi connectivity index (χ2n) is 4.89. The number of alkyl halides is 2. The molecule has 0 fully saturated rings. The molecule has 2 N–H and O–H groups in total. The van der Waals surface area contributed by atoms with Crippen molar-refractivity contribution < 1.29 is 13.6 Å².